The number of hydrogen-bond acceptors (Lipinski definition) is 6. The molecule has 0 saturated heterocycles. The minimum atomic E-state index is -0.764. The SMILES string of the molecule is Cc1cccnc1-c1nc(C(C)(N)COC2CCC2)no1. The van der Waals surface area contributed by atoms with Crippen molar-refractivity contribution in [3.8, 4) is 11.6 Å². The van der Waals surface area contributed by atoms with Crippen LogP contribution in [0.2, 0.25) is 0 Å². The first-order valence-corrected chi connectivity index (χ1v) is 7.23. The molecule has 6 nitrogen and oxygen atoms in total. The second-order valence-corrected chi connectivity index (χ2v) is 5.87. The molecular weight excluding hydrogens is 268 g/mol. The Kier molecular flexibility index (Phi) is 3.73. The second-order valence-electron chi connectivity index (χ2n) is 5.87. The lowest BCUT2D eigenvalue weighted by atomic mass is 9.95. The number of aromatic nitrogens is 3. The van der Waals surface area contributed by atoms with Gasteiger partial charge in [0.2, 0.25) is 0 Å². The third-order valence-electron chi connectivity index (χ3n) is 3.82. The maximum Gasteiger partial charge on any atom is 0.276 e. The van der Waals surface area contributed by atoms with Crippen LogP contribution in [0.4, 0.5) is 0 Å². The van der Waals surface area contributed by atoms with Crippen LogP contribution in [0.15, 0.2) is 22.9 Å². The van der Waals surface area contributed by atoms with E-state index in [1.165, 1.54) is 6.42 Å². The molecule has 2 aromatic heterocycles. The average Bonchev–Trinajstić information content (AvgIpc) is 2.87. The summed E-state index contributed by atoms with van der Waals surface area (Å²) < 4.78 is 11.1. The minimum Gasteiger partial charge on any atom is -0.376 e. The highest BCUT2D eigenvalue weighted by Crippen LogP contribution is 2.26. The van der Waals surface area contributed by atoms with Crippen LogP contribution < -0.4 is 5.73 Å². The molecule has 1 aliphatic carbocycles. The van der Waals surface area contributed by atoms with E-state index < -0.39 is 5.54 Å². The fraction of sp³-hybridized carbons (Fsp3) is 0.533. The van der Waals surface area contributed by atoms with Crippen molar-refractivity contribution in [1.82, 2.24) is 15.1 Å². The Labute approximate surface area is 123 Å². The van der Waals surface area contributed by atoms with E-state index in [1.54, 1.807) is 6.20 Å². The summed E-state index contributed by atoms with van der Waals surface area (Å²) in [6.45, 7) is 4.19. The molecule has 0 aliphatic heterocycles. The van der Waals surface area contributed by atoms with Gasteiger partial charge in [-0.2, -0.15) is 4.98 Å². The highest BCUT2D eigenvalue weighted by atomic mass is 16.5. The zero-order chi connectivity index (χ0) is 14.9. The molecule has 0 amide bonds. The predicted octanol–water partition coefficient (Wildman–Crippen LogP) is 2.18. The smallest absolute Gasteiger partial charge is 0.276 e. The summed E-state index contributed by atoms with van der Waals surface area (Å²) >= 11 is 0. The molecule has 3 rings (SSSR count). The molecule has 0 aromatic carbocycles. The molecule has 1 fully saturated rings. The molecule has 1 unspecified atom stereocenters. The Bertz CT molecular complexity index is 620. The first kappa shape index (κ1) is 14.2. The lowest BCUT2D eigenvalue weighted by Crippen LogP contribution is -2.41. The van der Waals surface area contributed by atoms with Gasteiger partial charge in [-0.3, -0.25) is 4.98 Å². The van der Waals surface area contributed by atoms with Gasteiger partial charge in [0, 0.05) is 6.20 Å². The van der Waals surface area contributed by atoms with Gasteiger partial charge in [0.25, 0.3) is 5.89 Å². The number of pyridine rings is 1. The third-order valence-corrected chi connectivity index (χ3v) is 3.82. The summed E-state index contributed by atoms with van der Waals surface area (Å²) in [5, 5.41) is 4.00. The van der Waals surface area contributed by atoms with Gasteiger partial charge in [-0.05, 0) is 44.7 Å². The van der Waals surface area contributed by atoms with E-state index in [0.717, 1.165) is 18.4 Å². The van der Waals surface area contributed by atoms with Crippen molar-refractivity contribution in [2.24, 2.45) is 5.73 Å². The van der Waals surface area contributed by atoms with Crippen LogP contribution in [0.5, 0.6) is 0 Å². The van der Waals surface area contributed by atoms with Crippen LogP contribution in [0.1, 0.15) is 37.6 Å². The van der Waals surface area contributed by atoms with Crippen LogP contribution >= 0.6 is 0 Å². The lowest BCUT2D eigenvalue weighted by molar-refractivity contribution is -0.0222. The zero-order valence-corrected chi connectivity index (χ0v) is 12.4. The summed E-state index contributed by atoms with van der Waals surface area (Å²) in [6.07, 6.45) is 5.49. The Balaban J connectivity index is 1.75. The summed E-state index contributed by atoms with van der Waals surface area (Å²) in [5.74, 6) is 0.838. The minimum absolute atomic E-state index is 0.331. The molecule has 112 valence electrons. The normalized spacial score (nSPS) is 18.2. The Morgan fingerprint density at radius 2 is 2.29 bits per heavy atom. The molecule has 1 saturated carbocycles. The Morgan fingerprint density at radius 3 is 2.95 bits per heavy atom. The molecule has 6 heteroatoms. The number of ether oxygens (including phenoxy) is 1. The lowest BCUT2D eigenvalue weighted by Gasteiger charge is -2.29. The van der Waals surface area contributed by atoms with Gasteiger partial charge in [0.05, 0.1) is 12.7 Å². The van der Waals surface area contributed by atoms with Crippen LogP contribution in [-0.4, -0.2) is 27.8 Å². The monoisotopic (exact) mass is 288 g/mol. The molecule has 2 N–H and O–H groups in total. The molecule has 0 radical (unpaired) electrons. The Morgan fingerprint density at radius 1 is 1.48 bits per heavy atom. The first-order chi connectivity index (χ1) is 10.1. The molecule has 21 heavy (non-hydrogen) atoms. The van der Waals surface area contributed by atoms with Crippen molar-refractivity contribution >= 4 is 0 Å². The van der Waals surface area contributed by atoms with E-state index in [0.29, 0.717) is 30.1 Å². The standard InChI is InChI=1S/C15H20N4O2/c1-10-5-4-8-17-12(10)13-18-14(19-21-13)15(2,16)9-20-11-6-3-7-11/h4-5,8,11H,3,6-7,9,16H2,1-2H3. The highest BCUT2D eigenvalue weighted by Gasteiger charge is 2.31. The summed E-state index contributed by atoms with van der Waals surface area (Å²) in [7, 11) is 0. The van der Waals surface area contributed by atoms with E-state index in [4.69, 9.17) is 15.0 Å². The van der Waals surface area contributed by atoms with E-state index in [1.807, 2.05) is 26.0 Å². The molecule has 2 aromatic rings. The van der Waals surface area contributed by atoms with E-state index in [-0.39, 0.29) is 0 Å². The zero-order valence-electron chi connectivity index (χ0n) is 12.4. The molecular formula is C15H20N4O2. The van der Waals surface area contributed by atoms with E-state index >= 15 is 0 Å². The fourth-order valence-electron chi connectivity index (χ4n) is 2.15. The van der Waals surface area contributed by atoms with Gasteiger partial charge in [-0.25, -0.2) is 0 Å². The molecule has 0 spiro atoms. The molecule has 1 atom stereocenters. The number of rotatable bonds is 5. The fourth-order valence-corrected chi connectivity index (χ4v) is 2.15. The largest absolute Gasteiger partial charge is 0.376 e. The molecule has 0 bridgehead atoms. The summed E-state index contributed by atoms with van der Waals surface area (Å²) in [5.41, 5.74) is 7.17. The second kappa shape index (κ2) is 5.54. The first-order valence-electron chi connectivity index (χ1n) is 7.23. The predicted molar refractivity (Wildman–Crippen MR) is 77.4 cm³/mol. The van der Waals surface area contributed by atoms with Gasteiger partial charge in [0.1, 0.15) is 11.2 Å². The van der Waals surface area contributed by atoms with Crippen molar-refractivity contribution in [2.75, 3.05) is 6.61 Å². The number of nitrogens with zero attached hydrogens (tertiary/aromatic N) is 3. The van der Waals surface area contributed by atoms with E-state index in [9.17, 15) is 0 Å². The van der Waals surface area contributed by atoms with Crippen LogP contribution in [-0.2, 0) is 10.3 Å². The van der Waals surface area contributed by atoms with Crippen molar-refractivity contribution in [2.45, 2.75) is 44.8 Å². The quantitative estimate of drug-likeness (QED) is 0.907. The average molecular weight is 288 g/mol. The van der Waals surface area contributed by atoms with Crippen LogP contribution in [0.25, 0.3) is 11.6 Å². The molecule has 2 heterocycles. The van der Waals surface area contributed by atoms with E-state index in [2.05, 4.69) is 15.1 Å². The Hall–Kier alpha value is -1.79. The number of aryl methyl sites for hydroxylation is 1. The van der Waals surface area contributed by atoms with Crippen LogP contribution in [0, 0.1) is 6.92 Å². The maximum atomic E-state index is 6.26. The number of hydrogen-bond donors (Lipinski definition) is 1. The van der Waals surface area contributed by atoms with Crippen molar-refractivity contribution in [1.29, 1.82) is 0 Å². The van der Waals surface area contributed by atoms with Gasteiger partial charge in [0.15, 0.2) is 5.82 Å². The van der Waals surface area contributed by atoms with Gasteiger partial charge < -0.3 is 15.0 Å². The third kappa shape index (κ3) is 2.96. The van der Waals surface area contributed by atoms with Crippen molar-refractivity contribution < 1.29 is 9.26 Å². The van der Waals surface area contributed by atoms with Crippen molar-refractivity contribution in [3.05, 3.63) is 29.7 Å². The van der Waals surface area contributed by atoms with Gasteiger partial charge in [-0.1, -0.05) is 11.2 Å². The summed E-state index contributed by atoms with van der Waals surface area (Å²) in [4.78, 5) is 8.66. The van der Waals surface area contributed by atoms with Crippen molar-refractivity contribution in [3.63, 3.8) is 0 Å². The van der Waals surface area contributed by atoms with Gasteiger partial charge >= 0.3 is 0 Å². The summed E-state index contributed by atoms with van der Waals surface area (Å²) in [6, 6.07) is 3.82. The maximum absolute atomic E-state index is 6.26. The van der Waals surface area contributed by atoms with Gasteiger partial charge in [-0.15, -0.1) is 0 Å². The number of nitrogens with two attached hydrogens (primary N) is 1. The highest BCUT2D eigenvalue weighted by molar-refractivity contribution is 5.51. The molecule has 1 aliphatic rings. The van der Waals surface area contributed by atoms with Crippen LogP contribution in [0.3, 0.4) is 0 Å². The topological polar surface area (TPSA) is 87.1 Å².